The predicted molar refractivity (Wildman–Crippen MR) is 100 cm³/mol. The van der Waals surface area contributed by atoms with Gasteiger partial charge >= 0.3 is 0 Å². The molecule has 5 nitrogen and oxygen atoms in total. The first kappa shape index (κ1) is 19.0. The van der Waals surface area contributed by atoms with Crippen molar-refractivity contribution in [1.29, 1.82) is 0 Å². The van der Waals surface area contributed by atoms with E-state index in [1.807, 2.05) is 45.9 Å². The number of aryl methyl sites for hydroxylation is 2. The SMILES string of the molecule is Cc1cccc(C)c1NS(=O)(=O)c1ccc(C(=O)NCC(C)C)cc1. The van der Waals surface area contributed by atoms with Crippen LogP contribution in [0.1, 0.15) is 35.3 Å². The van der Waals surface area contributed by atoms with E-state index in [1.165, 1.54) is 24.3 Å². The molecule has 0 bridgehead atoms. The summed E-state index contributed by atoms with van der Waals surface area (Å²) in [5.41, 5.74) is 2.73. The van der Waals surface area contributed by atoms with Crippen LogP contribution >= 0.6 is 0 Å². The Kier molecular flexibility index (Phi) is 5.85. The first-order valence-electron chi connectivity index (χ1n) is 8.18. The number of carbonyl (C=O) groups excluding carboxylic acids is 1. The summed E-state index contributed by atoms with van der Waals surface area (Å²) in [6.07, 6.45) is 0. The smallest absolute Gasteiger partial charge is 0.261 e. The zero-order valence-electron chi connectivity index (χ0n) is 15.0. The van der Waals surface area contributed by atoms with Crippen molar-refractivity contribution in [3.8, 4) is 0 Å². The second-order valence-electron chi connectivity index (χ2n) is 6.50. The maximum absolute atomic E-state index is 12.6. The molecule has 0 fully saturated rings. The molecule has 0 atom stereocenters. The predicted octanol–water partition coefficient (Wildman–Crippen LogP) is 3.49. The van der Waals surface area contributed by atoms with Gasteiger partial charge in [0, 0.05) is 12.1 Å². The van der Waals surface area contributed by atoms with Crippen LogP contribution in [0.5, 0.6) is 0 Å². The Hall–Kier alpha value is -2.34. The molecule has 2 aromatic carbocycles. The molecule has 0 spiro atoms. The Bertz CT molecular complexity index is 836. The number of amides is 1. The molecule has 0 heterocycles. The molecular formula is C19H24N2O3S. The van der Waals surface area contributed by atoms with Crippen molar-refractivity contribution in [3.63, 3.8) is 0 Å². The summed E-state index contributed by atoms with van der Waals surface area (Å²) in [5, 5.41) is 2.81. The highest BCUT2D eigenvalue weighted by Gasteiger charge is 2.17. The van der Waals surface area contributed by atoms with Crippen LogP contribution in [0.25, 0.3) is 0 Å². The van der Waals surface area contributed by atoms with E-state index in [2.05, 4.69) is 10.0 Å². The largest absolute Gasteiger partial charge is 0.352 e. The van der Waals surface area contributed by atoms with Crippen LogP contribution in [0.3, 0.4) is 0 Å². The molecule has 0 aliphatic heterocycles. The maximum Gasteiger partial charge on any atom is 0.261 e. The Morgan fingerprint density at radius 3 is 2.08 bits per heavy atom. The number of hydrogen-bond acceptors (Lipinski definition) is 3. The van der Waals surface area contributed by atoms with Gasteiger partial charge in [-0.25, -0.2) is 8.42 Å². The van der Waals surface area contributed by atoms with Crippen molar-refractivity contribution in [2.24, 2.45) is 5.92 Å². The fraction of sp³-hybridized carbons (Fsp3) is 0.316. The maximum atomic E-state index is 12.6. The Morgan fingerprint density at radius 1 is 1.00 bits per heavy atom. The summed E-state index contributed by atoms with van der Waals surface area (Å²) in [4.78, 5) is 12.1. The molecule has 25 heavy (non-hydrogen) atoms. The van der Waals surface area contributed by atoms with E-state index in [4.69, 9.17) is 0 Å². The number of rotatable bonds is 6. The van der Waals surface area contributed by atoms with Crippen molar-refractivity contribution < 1.29 is 13.2 Å². The van der Waals surface area contributed by atoms with E-state index in [1.54, 1.807) is 0 Å². The number of anilines is 1. The van der Waals surface area contributed by atoms with Gasteiger partial charge in [0.15, 0.2) is 0 Å². The molecule has 0 unspecified atom stereocenters. The summed E-state index contributed by atoms with van der Waals surface area (Å²) in [6.45, 7) is 8.30. The molecule has 6 heteroatoms. The zero-order chi connectivity index (χ0) is 18.6. The monoisotopic (exact) mass is 360 g/mol. The number of benzene rings is 2. The number of nitrogens with one attached hydrogen (secondary N) is 2. The van der Waals surface area contributed by atoms with Crippen molar-refractivity contribution in [1.82, 2.24) is 5.32 Å². The van der Waals surface area contributed by atoms with Crippen LogP contribution in [0.4, 0.5) is 5.69 Å². The number of sulfonamides is 1. The van der Waals surface area contributed by atoms with E-state index < -0.39 is 10.0 Å². The van der Waals surface area contributed by atoms with Crippen LogP contribution in [-0.4, -0.2) is 20.9 Å². The van der Waals surface area contributed by atoms with E-state index in [9.17, 15) is 13.2 Å². The van der Waals surface area contributed by atoms with Crippen LogP contribution < -0.4 is 10.0 Å². The van der Waals surface area contributed by atoms with Crippen molar-refractivity contribution >= 4 is 21.6 Å². The van der Waals surface area contributed by atoms with Gasteiger partial charge in [0.2, 0.25) is 0 Å². The van der Waals surface area contributed by atoms with Gasteiger partial charge in [-0.15, -0.1) is 0 Å². The molecule has 0 aromatic heterocycles. The van der Waals surface area contributed by atoms with E-state index in [0.717, 1.165) is 11.1 Å². The summed E-state index contributed by atoms with van der Waals surface area (Å²) in [6, 6.07) is 11.5. The first-order valence-corrected chi connectivity index (χ1v) is 9.66. The van der Waals surface area contributed by atoms with Crippen molar-refractivity contribution in [2.75, 3.05) is 11.3 Å². The number of hydrogen-bond donors (Lipinski definition) is 2. The third kappa shape index (κ3) is 4.82. The minimum atomic E-state index is -3.71. The van der Waals surface area contributed by atoms with Crippen LogP contribution in [0, 0.1) is 19.8 Å². The van der Waals surface area contributed by atoms with Crippen LogP contribution in [0.15, 0.2) is 47.4 Å². The van der Waals surface area contributed by atoms with Gasteiger partial charge in [0.05, 0.1) is 10.6 Å². The van der Waals surface area contributed by atoms with Gasteiger partial charge in [0.1, 0.15) is 0 Å². The molecule has 2 N–H and O–H groups in total. The van der Waals surface area contributed by atoms with Gasteiger partial charge in [-0.2, -0.15) is 0 Å². The summed E-state index contributed by atoms with van der Waals surface area (Å²) < 4.78 is 27.8. The highest BCUT2D eigenvalue weighted by Crippen LogP contribution is 2.23. The number of para-hydroxylation sites is 1. The lowest BCUT2D eigenvalue weighted by atomic mass is 10.1. The fourth-order valence-electron chi connectivity index (χ4n) is 2.35. The van der Waals surface area contributed by atoms with Crippen LogP contribution in [0.2, 0.25) is 0 Å². The standard InChI is InChI=1S/C19H24N2O3S/c1-13(2)12-20-19(22)16-8-10-17(11-9-16)25(23,24)21-18-14(3)6-5-7-15(18)4/h5-11,13,21H,12H2,1-4H3,(H,20,22). The Morgan fingerprint density at radius 2 is 1.56 bits per heavy atom. The lowest BCUT2D eigenvalue weighted by Crippen LogP contribution is -2.27. The van der Waals surface area contributed by atoms with E-state index >= 15 is 0 Å². The zero-order valence-corrected chi connectivity index (χ0v) is 15.8. The lowest BCUT2D eigenvalue weighted by molar-refractivity contribution is 0.0949. The third-order valence-corrected chi connectivity index (χ3v) is 5.18. The highest BCUT2D eigenvalue weighted by atomic mass is 32.2. The lowest BCUT2D eigenvalue weighted by Gasteiger charge is -2.13. The van der Waals surface area contributed by atoms with Gasteiger partial charge in [-0.05, 0) is 55.2 Å². The summed E-state index contributed by atoms with van der Waals surface area (Å²) in [7, 11) is -3.71. The average molecular weight is 360 g/mol. The third-order valence-electron chi connectivity index (χ3n) is 3.82. The van der Waals surface area contributed by atoms with Crippen LogP contribution in [-0.2, 0) is 10.0 Å². The molecule has 0 radical (unpaired) electrons. The van der Waals surface area contributed by atoms with Crippen molar-refractivity contribution in [2.45, 2.75) is 32.6 Å². The number of carbonyl (C=O) groups is 1. The molecular weight excluding hydrogens is 336 g/mol. The Labute approximate surface area is 149 Å². The van der Waals surface area contributed by atoms with Gasteiger partial charge in [0.25, 0.3) is 15.9 Å². The Balaban J connectivity index is 2.19. The average Bonchev–Trinajstić information content (AvgIpc) is 2.56. The molecule has 0 saturated heterocycles. The fourth-order valence-corrected chi connectivity index (χ4v) is 3.56. The van der Waals surface area contributed by atoms with Gasteiger partial charge in [-0.3, -0.25) is 9.52 Å². The van der Waals surface area contributed by atoms with Gasteiger partial charge < -0.3 is 5.32 Å². The van der Waals surface area contributed by atoms with E-state index in [0.29, 0.717) is 23.7 Å². The minimum Gasteiger partial charge on any atom is -0.352 e. The second-order valence-corrected chi connectivity index (χ2v) is 8.18. The minimum absolute atomic E-state index is 0.121. The molecule has 2 rings (SSSR count). The molecule has 1 amide bonds. The van der Waals surface area contributed by atoms with Gasteiger partial charge in [-0.1, -0.05) is 32.0 Å². The van der Waals surface area contributed by atoms with Crippen molar-refractivity contribution in [3.05, 3.63) is 59.2 Å². The molecule has 0 saturated carbocycles. The quantitative estimate of drug-likeness (QED) is 0.828. The molecule has 0 aliphatic rings. The normalized spacial score (nSPS) is 11.4. The molecule has 0 aliphatic carbocycles. The first-order chi connectivity index (χ1) is 11.7. The highest BCUT2D eigenvalue weighted by molar-refractivity contribution is 7.92. The summed E-state index contributed by atoms with van der Waals surface area (Å²) in [5.74, 6) is 0.144. The molecule has 2 aromatic rings. The summed E-state index contributed by atoms with van der Waals surface area (Å²) >= 11 is 0. The second kappa shape index (κ2) is 7.70. The van der Waals surface area contributed by atoms with E-state index in [-0.39, 0.29) is 10.8 Å². The molecule has 134 valence electrons. The topological polar surface area (TPSA) is 75.3 Å².